The third-order valence-electron chi connectivity index (χ3n) is 4.00. The van der Waals surface area contributed by atoms with Crippen LogP contribution in [0.1, 0.15) is 24.8 Å². The molecule has 0 aliphatic carbocycles. The number of fused-ring (bicyclic) bond motifs is 1. The topological polar surface area (TPSA) is 15.3 Å². The SMILES string of the molecule is Cc1cc(F)cc(NC2CCN3CCCC23)c1. The van der Waals surface area contributed by atoms with Gasteiger partial charge in [0.15, 0.2) is 0 Å². The van der Waals surface area contributed by atoms with E-state index in [1.165, 1.54) is 32.4 Å². The fraction of sp³-hybridized carbons (Fsp3) is 0.571. The van der Waals surface area contributed by atoms with Gasteiger partial charge in [0.25, 0.3) is 0 Å². The second-order valence-corrected chi connectivity index (χ2v) is 5.30. The highest BCUT2D eigenvalue weighted by molar-refractivity contribution is 5.47. The molecular weight excluding hydrogens is 215 g/mol. The lowest BCUT2D eigenvalue weighted by Gasteiger charge is -2.22. The summed E-state index contributed by atoms with van der Waals surface area (Å²) in [7, 11) is 0. The number of rotatable bonds is 2. The first-order valence-electron chi connectivity index (χ1n) is 6.50. The van der Waals surface area contributed by atoms with Gasteiger partial charge in [0.05, 0.1) is 0 Å². The first kappa shape index (κ1) is 11.0. The summed E-state index contributed by atoms with van der Waals surface area (Å²) in [5, 5.41) is 3.51. The molecule has 0 amide bonds. The number of aryl methyl sites for hydroxylation is 1. The van der Waals surface area contributed by atoms with E-state index in [1.807, 2.05) is 13.0 Å². The second kappa shape index (κ2) is 4.30. The minimum atomic E-state index is -0.145. The fourth-order valence-electron chi connectivity index (χ4n) is 3.28. The molecule has 2 heterocycles. The molecule has 0 saturated carbocycles. The van der Waals surface area contributed by atoms with Crippen LogP contribution in [0.25, 0.3) is 0 Å². The van der Waals surface area contributed by atoms with Gasteiger partial charge in [0.1, 0.15) is 5.82 Å². The van der Waals surface area contributed by atoms with Crippen LogP contribution in [0, 0.1) is 12.7 Å². The van der Waals surface area contributed by atoms with Gasteiger partial charge in [-0.1, -0.05) is 0 Å². The highest BCUT2D eigenvalue weighted by atomic mass is 19.1. The predicted octanol–water partition coefficient (Wildman–Crippen LogP) is 2.78. The molecule has 3 rings (SSSR count). The summed E-state index contributed by atoms with van der Waals surface area (Å²) in [6.07, 6.45) is 3.78. The molecule has 2 fully saturated rings. The van der Waals surface area contributed by atoms with Crippen molar-refractivity contribution in [1.29, 1.82) is 0 Å². The van der Waals surface area contributed by atoms with Gasteiger partial charge < -0.3 is 5.32 Å². The Balaban J connectivity index is 1.74. The zero-order valence-electron chi connectivity index (χ0n) is 10.2. The molecule has 0 spiro atoms. The van der Waals surface area contributed by atoms with Crippen molar-refractivity contribution in [3.63, 3.8) is 0 Å². The molecule has 0 bridgehead atoms. The lowest BCUT2D eigenvalue weighted by molar-refractivity contribution is 0.318. The lowest BCUT2D eigenvalue weighted by atomic mass is 10.1. The summed E-state index contributed by atoms with van der Waals surface area (Å²) < 4.78 is 13.3. The van der Waals surface area contributed by atoms with Crippen molar-refractivity contribution in [2.75, 3.05) is 18.4 Å². The van der Waals surface area contributed by atoms with Crippen LogP contribution in [0.3, 0.4) is 0 Å². The first-order valence-corrected chi connectivity index (χ1v) is 6.50. The molecule has 2 nitrogen and oxygen atoms in total. The quantitative estimate of drug-likeness (QED) is 0.846. The van der Waals surface area contributed by atoms with Gasteiger partial charge in [0.2, 0.25) is 0 Å². The van der Waals surface area contributed by atoms with Crippen LogP contribution >= 0.6 is 0 Å². The van der Waals surface area contributed by atoms with Gasteiger partial charge >= 0.3 is 0 Å². The zero-order valence-corrected chi connectivity index (χ0v) is 10.2. The van der Waals surface area contributed by atoms with Crippen molar-refractivity contribution in [2.24, 2.45) is 0 Å². The number of hydrogen-bond acceptors (Lipinski definition) is 2. The van der Waals surface area contributed by atoms with E-state index in [0.717, 1.165) is 11.3 Å². The Kier molecular flexibility index (Phi) is 2.79. The van der Waals surface area contributed by atoms with E-state index in [9.17, 15) is 4.39 Å². The summed E-state index contributed by atoms with van der Waals surface area (Å²) in [5.41, 5.74) is 1.91. The maximum Gasteiger partial charge on any atom is 0.125 e. The van der Waals surface area contributed by atoms with Gasteiger partial charge in [-0.25, -0.2) is 4.39 Å². The molecule has 2 unspecified atom stereocenters. The van der Waals surface area contributed by atoms with Crippen LogP contribution in [-0.4, -0.2) is 30.1 Å². The normalized spacial score (nSPS) is 28.4. The summed E-state index contributed by atoms with van der Waals surface area (Å²) in [5.74, 6) is -0.145. The van der Waals surface area contributed by atoms with Crippen LogP contribution in [0.15, 0.2) is 18.2 Å². The van der Waals surface area contributed by atoms with Crippen LogP contribution in [0.2, 0.25) is 0 Å². The zero-order chi connectivity index (χ0) is 11.8. The Bertz CT molecular complexity index is 398. The molecule has 3 heteroatoms. The Labute approximate surface area is 102 Å². The Morgan fingerprint density at radius 3 is 2.94 bits per heavy atom. The third kappa shape index (κ3) is 2.16. The Hall–Kier alpha value is -1.09. The number of nitrogens with one attached hydrogen (secondary N) is 1. The molecule has 17 heavy (non-hydrogen) atoms. The van der Waals surface area contributed by atoms with Crippen LogP contribution < -0.4 is 5.32 Å². The number of halogens is 1. The largest absolute Gasteiger partial charge is 0.381 e. The number of nitrogens with zero attached hydrogens (tertiary/aromatic N) is 1. The third-order valence-corrected chi connectivity index (χ3v) is 4.00. The number of hydrogen-bond donors (Lipinski definition) is 1. The van der Waals surface area contributed by atoms with E-state index in [2.05, 4.69) is 10.2 Å². The second-order valence-electron chi connectivity index (χ2n) is 5.30. The minimum absolute atomic E-state index is 0.145. The van der Waals surface area contributed by atoms with E-state index in [0.29, 0.717) is 12.1 Å². The van der Waals surface area contributed by atoms with Crippen molar-refractivity contribution in [1.82, 2.24) is 4.90 Å². The van der Waals surface area contributed by atoms with Crippen molar-refractivity contribution in [2.45, 2.75) is 38.3 Å². The first-order chi connectivity index (χ1) is 8.22. The highest BCUT2D eigenvalue weighted by Crippen LogP contribution is 2.30. The average molecular weight is 234 g/mol. The Morgan fingerprint density at radius 1 is 1.24 bits per heavy atom. The van der Waals surface area contributed by atoms with E-state index in [1.54, 1.807) is 12.1 Å². The fourth-order valence-corrected chi connectivity index (χ4v) is 3.28. The number of benzene rings is 1. The summed E-state index contributed by atoms with van der Waals surface area (Å²) in [4.78, 5) is 2.56. The van der Waals surface area contributed by atoms with Crippen LogP contribution in [0.5, 0.6) is 0 Å². The molecule has 2 aliphatic heterocycles. The molecule has 2 aliphatic rings. The molecule has 0 radical (unpaired) electrons. The summed E-state index contributed by atoms with van der Waals surface area (Å²) >= 11 is 0. The summed E-state index contributed by atoms with van der Waals surface area (Å²) in [6.45, 7) is 4.37. The standard InChI is InChI=1S/C14H19FN2/c1-10-7-11(15)9-12(8-10)16-13-4-6-17-5-2-3-14(13)17/h7-9,13-14,16H,2-6H2,1H3. The van der Waals surface area contributed by atoms with Crippen LogP contribution in [0.4, 0.5) is 10.1 Å². The molecule has 1 N–H and O–H groups in total. The maximum atomic E-state index is 13.3. The van der Waals surface area contributed by atoms with E-state index in [-0.39, 0.29) is 5.82 Å². The lowest BCUT2D eigenvalue weighted by Crippen LogP contribution is -2.33. The molecule has 1 aromatic carbocycles. The van der Waals surface area contributed by atoms with Gasteiger partial charge in [-0.3, -0.25) is 4.90 Å². The molecule has 2 atom stereocenters. The molecule has 2 saturated heterocycles. The average Bonchev–Trinajstić information content (AvgIpc) is 2.81. The highest BCUT2D eigenvalue weighted by Gasteiger charge is 2.36. The minimum Gasteiger partial charge on any atom is -0.381 e. The molecule has 0 aromatic heterocycles. The van der Waals surface area contributed by atoms with Crippen molar-refractivity contribution >= 4 is 5.69 Å². The van der Waals surface area contributed by atoms with E-state index < -0.39 is 0 Å². The molecule has 92 valence electrons. The van der Waals surface area contributed by atoms with Crippen LogP contribution in [-0.2, 0) is 0 Å². The molecule has 1 aromatic rings. The van der Waals surface area contributed by atoms with E-state index in [4.69, 9.17) is 0 Å². The van der Waals surface area contributed by atoms with Crippen molar-refractivity contribution < 1.29 is 4.39 Å². The Morgan fingerprint density at radius 2 is 2.12 bits per heavy atom. The van der Waals surface area contributed by atoms with Gasteiger partial charge in [-0.05, 0) is 56.5 Å². The maximum absolute atomic E-state index is 13.3. The molecular formula is C14H19FN2. The van der Waals surface area contributed by atoms with Gasteiger partial charge in [0, 0.05) is 24.3 Å². The number of anilines is 1. The van der Waals surface area contributed by atoms with Gasteiger partial charge in [-0.15, -0.1) is 0 Å². The monoisotopic (exact) mass is 234 g/mol. The summed E-state index contributed by atoms with van der Waals surface area (Å²) in [6, 6.07) is 6.37. The van der Waals surface area contributed by atoms with Crippen molar-refractivity contribution in [3.8, 4) is 0 Å². The van der Waals surface area contributed by atoms with Crippen molar-refractivity contribution in [3.05, 3.63) is 29.6 Å². The van der Waals surface area contributed by atoms with E-state index >= 15 is 0 Å². The smallest absolute Gasteiger partial charge is 0.125 e. The van der Waals surface area contributed by atoms with Gasteiger partial charge in [-0.2, -0.15) is 0 Å². The predicted molar refractivity (Wildman–Crippen MR) is 67.8 cm³/mol.